The normalized spacial score (nSPS) is 15.9. The van der Waals surface area contributed by atoms with Gasteiger partial charge in [-0.25, -0.2) is 14.0 Å². The molecule has 2 amide bonds. The number of rotatable bonds is 7. The molecule has 7 nitrogen and oxygen atoms in total. The first-order valence-corrected chi connectivity index (χ1v) is 9.43. The summed E-state index contributed by atoms with van der Waals surface area (Å²) in [5.74, 6) is 0.0843. The summed E-state index contributed by atoms with van der Waals surface area (Å²) in [6.07, 6.45) is 0. The van der Waals surface area contributed by atoms with Crippen molar-refractivity contribution in [1.29, 1.82) is 0 Å². The van der Waals surface area contributed by atoms with Gasteiger partial charge in [0.1, 0.15) is 12.4 Å². The number of hydrogen-bond acceptors (Lipinski definition) is 5. The second-order valence-corrected chi connectivity index (χ2v) is 6.62. The van der Waals surface area contributed by atoms with Gasteiger partial charge in [-0.05, 0) is 49.2 Å². The number of benzene rings is 2. The fourth-order valence-electron chi connectivity index (χ4n) is 3.15. The zero-order chi connectivity index (χ0) is 21.7. The largest absolute Gasteiger partial charge is 0.493 e. The van der Waals surface area contributed by atoms with Crippen molar-refractivity contribution in [2.75, 3.05) is 13.7 Å². The van der Waals surface area contributed by atoms with Gasteiger partial charge in [0.2, 0.25) is 0 Å². The van der Waals surface area contributed by atoms with Gasteiger partial charge in [-0.2, -0.15) is 0 Å². The maximum atomic E-state index is 13.0. The molecule has 0 saturated heterocycles. The fraction of sp³-hybridized carbons (Fsp3) is 0.273. The maximum absolute atomic E-state index is 13.0. The number of amides is 2. The monoisotopic (exact) mass is 414 g/mol. The van der Waals surface area contributed by atoms with Gasteiger partial charge in [0.15, 0.2) is 11.5 Å². The number of esters is 1. The minimum absolute atomic E-state index is 0.218. The Labute approximate surface area is 173 Å². The van der Waals surface area contributed by atoms with E-state index >= 15 is 0 Å². The van der Waals surface area contributed by atoms with Crippen LogP contribution in [0.15, 0.2) is 53.7 Å². The second kappa shape index (κ2) is 9.30. The molecule has 2 aromatic carbocycles. The van der Waals surface area contributed by atoms with Crippen LogP contribution in [-0.2, 0) is 16.1 Å². The summed E-state index contributed by atoms with van der Waals surface area (Å²) in [6.45, 7) is 3.81. The molecule has 1 heterocycles. The summed E-state index contributed by atoms with van der Waals surface area (Å²) in [5, 5.41) is 5.34. The number of ether oxygens (including phenoxy) is 3. The molecule has 0 fully saturated rings. The van der Waals surface area contributed by atoms with Gasteiger partial charge in [0, 0.05) is 5.70 Å². The Morgan fingerprint density at radius 1 is 1.13 bits per heavy atom. The zero-order valence-corrected chi connectivity index (χ0v) is 17.0. The van der Waals surface area contributed by atoms with Crippen molar-refractivity contribution in [3.8, 4) is 11.5 Å². The van der Waals surface area contributed by atoms with Crippen molar-refractivity contribution < 1.29 is 28.2 Å². The molecule has 158 valence electrons. The van der Waals surface area contributed by atoms with E-state index in [1.807, 2.05) is 0 Å². The molecule has 0 aliphatic carbocycles. The lowest BCUT2D eigenvalue weighted by Crippen LogP contribution is -2.45. The third kappa shape index (κ3) is 4.71. The Bertz CT molecular complexity index is 972. The van der Waals surface area contributed by atoms with Crippen molar-refractivity contribution in [3.63, 3.8) is 0 Å². The van der Waals surface area contributed by atoms with E-state index in [1.54, 1.807) is 44.2 Å². The summed E-state index contributed by atoms with van der Waals surface area (Å²) in [4.78, 5) is 24.4. The van der Waals surface area contributed by atoms with E-state index in [1.165, 1.54) is 19.2 Å². The van der Waals surface area contributed by atoms with E-state index in [-0.39, 0.29) is 19.0 Å². The highest BCUT2D eigenvalue weighted by Gasteiger charge is 2.32. The van der Waals surface area contributed by atoms with Crippen LogP contribution in [0.1, 0.15) is 31.0 Å². The third-order valence-electron chi connectivity index (χ3n) is 4.59. The lowest BCUT2D eigenvalue weighted by molar-refractivity contribution is -0.139. The molecule has 0 aromatic heterocycles. The Hall–Kier alpha value is -3.55. The molecular formula is C22H23FN2O5. The van der Waals surface area contributed by atoms with Gasteiger partial charge in [-0.3, -0.25) is 0 Å². The number of allylic oxidation sites excluding steroid dienone is 1. The number of halogens is 1. The van der Waals surface area contributed by atoms with Crippen molar-refractivity contribution in [2.24, 2.45) is 0 Å². The molecule has 1 aliphatic heterocycles. The molecule has 2 N–H and O–H groups in total. The van der Waals surface area contributed by atoms with Crippen molar-refractivity contribution in [3.05, 3.63) is 70.7 Å². The Balaban J connectivity index is 1.86. The summed E-state index contributed by atoms with van der Waals surface area (Å²) < 4.78 is 29.4. The van der Waals surface area contributed by atoms with Crippen LogP contribution >= 0.6 is 0 Å². The number of carbonyl (C=O) groups is 2. The molecule has 30 heavy (non-hydrogen) atoms. The lowest BCUT2D eigenvalue weighted by Gasteiger charge is -2.28. The molecule has 0 bridgehead atoms. The summed E-state index contributed by atoms with van der Waals surface area (Å²) in [7, 11) is 1.50. The number of nitrogens with one attached hydrogen (secondary N) is 2. The molecule has 0 radical (unpaired) electrons. The van der Waals surface area contributed by atoms with Gasteiger partial charge >= 0.3 is 12.0 Å². The van der Waals surface area contributed by atoms with Gasteiger partial charge in [-0.1, -0.05) is 18.2 Å². The van der Waals surface area contributed by atoms with Gasteiger partial charge in [-0.15, -0.1) is 0 Å². The lowest BCUT2D eigenvalue weighted by atomic mass is 9.95. The van der Waals surface area contributed by atoms with Crippen LogP contribution in [0, 0.1) is 5.82 Å². The maximum Gasteiger partial charge on any atom is 0.338 e. The van der Waals surface area contributed by atoms with E-state index in [0.717, 1.165) is 5.56 Å². The predicted molar refractivity (Wildman–Crippen MR) is 107 cm³/mol. The highest BCUT2D eigenvalue weighted by Crippen LogP contribution is 2.35. The number of carbonyl (C=O) groups excluding carboxylic acids is 2. The van der Waals surface area contributed by atoms with Gasteiger partial charge in [0.05, 0.1) is 25.3 Å². The van der Waals surface area contributed by atoms with Crippen LogP contribution in [0.2, 0.25) is 0 Å². The molecule has 0 unspecified atom stereocenters. The van der Waals surface area contributed by atoms with E-state index in [2.05, 4.69) is 10.6 Å². The SMILES string of the molecule is CCOC(=O)C1=C(C)NC(=O)N[C@@H]1c1ccc(OCc2ccc(F)cc2)c(OC)c1. The van der Waals surface area contributed by atoms with Crippen molar-refractivity contribution >= 4 is 12.0 Å². The fourth-order valence-corrected chi connectivity index (χ4v) is 3.15. The molecule has 2 aromatic rings. The first-order chi connectivity index (χ1) is 14.4. The quantitative estimate of drug-likeness (QED) is 0.676. The van der Waals surface area contributed by atoms with Crippen LogP contribution < -0.4 is 20.1 Å². The van der Waals surface area contributed by atoms with E-state index < -0.39 is 18.0 Å². The molecule has 0 saturated carbocycles. The summed E-state index contributed by atoms with van der Waals surface area (Å²) in [6, 6.07) is 10.0. The Morgan fingerprint density at radius 2 is 1.87 bits per heavy atom. The van der Waals surface area contributed by atoms with Crippen LogP contribution in [0.4, 0.5) is 9.18 Å². The van der Waals surface area contributed by atoms with Crippen LogP contribution in [0.5, 0.6) is 11.5 Å². The number of methoxy groups -OCH3 is 1. The highest BCUT2D eigenvalue weighted by molar-refractivity contribution is 5.95. The summed E-state index contributed by atoms with van der Waals surface area (Å²) >= 11 is 0. The van der Waals surface area contributed by atoms with Gasteiger partial charge in [0.25, 0.3) is 0 Å². The van der Waals surface area contributed by atoms with Crippen molar-refractivity contribution in [2.45, 2.75) is 26.5 Å². The smallest absolute Gasteiger partial charge is 0.338 e. The zero-order valence-electron chi connectivity index (χ0n) is 17.0. The topological polar surface area (TPSA) is 85.9 Å². The number of urea groups is 1. The minimum atomic E-state index is -0.696. The van der Waals surface area contributed by atoms with Crippen LogP contribution in [0.3, 0.4) is 0 Å². The Kier molecular flexibility index (Phi) is 6.56. The first-order valence-electron chi connectivity index (χ1n) is 9.43. The van der Waals surface area contributed by atoms with Crippen LogP contribution in [-0.4, -0.2) is 25.7 Å². The molecule has 3 rings (SSSR count). The van der Waals surface area contributed by atoms with E-state index in [9.17, 15) is 14.0 Å². The van der Waals surface area contributed by atoms with E-state index in [4.69, 9.17) is 14.2 Å². The van der Waals surface area contributed by atoms with E-state index in [0.29, 0.717) is 28.3 Å². The third-order valence-corrected chi connectivity index (χ3v) is 4.59. The van der Waals surface area contributed by atoms with Gasteiger partial charge < -0.3 is 24.8 Å². The highest BCUT2D eigenvalue weighted by atomic mass is 19.1. The second-order valence-electron chi connectivity index (χ2n) is 6.62. The molecule has 0 spiro atoms. The molecule has 8 heteroatoms. The summed E-state index contributed by atoms with van der Waals surface area (Å²) in [5.41, 5.74) is 2.19. The standard InChI is InChI=1S/C22H23FN2O5/c1-4-29-21(26)19-13(2)24-22(27)25-20(19)15-7-10-17(18(11-15)28-3)30-12-14-5-8-16(23)9-6-14/h5-11,20H,4,12H2,1-3H3,(H2,24,25,27)/t20-/m1/s1. The van der Waals surface area contributed by atoms with Crippen LogP contribution in [0.25, 0.3) is 0 Å². The molecule has 1 atom stereocenters. The molecular weight excluding hydrogens is 391 g/mol. The first kappa shape index (κ1) is 21.2. The molecule has 1 aliphatic rings. The number of hydrogen-bond donors (Lipinski definition) is 2. The Morgan fingerprint density at radius 3 is 2.53 bits per heavy atom. The predicted octanol–water partition coefficient (Wildman–Crippen LogP) is 3.60. The van der Waals surface area contributed by atoms with Crippen molar-refractivity contribution in [1.82, 2.24) is 10.6 Å². The average molecular weight is 414 g/mol. The minimum Gasteiger partial charge on any atom is -0.493 e. The average Bonchev–Trinajstić information content (AvgIpc) is 2.72.